The molecule has 0 unspecified atom stereocenters. The summed E-state index contributed by atoms with van der Waals surface area (Å²) in [6.07, 6.45) is 6.29. The first kappa shape index (κ1) is 12.7. The Labute approximate surface area is 101 Å². The van der Waals surface area contributed by atoms with Crippen LogP contribution in [0.2, 0.25) is 0 Å². The van der Waals surface area contributed by atoms with Crippen LogP contribution in [0.4, 0.5) is 5.69 Å². The molecule has 0 saturated carbocycles. The van der Waals surface area contributed by atoms with Crippen LogP contribution < -0.4 is 11.1 Å². The molecule has 0 fully saturated rings. The minimum absolute atomic E-state index is 0.298. The summed E-state index contributed by atoms with van der Waals surface area (Å²) in [5.41, 5.74) is 7.74. The van der Waals surface area contributed by atoms with Crippen LogP contribution in [0, 0.1) is 6.92 Å². The number of hydrogen-bond acceptors (Lipinski definition) is 1. The predicted octanol–water partition coefficient (Wildman–Crippen LogP) is 2.45. The van der Waals surface area contributed by atoms with E-state index in [2.05, 4.69) is 21.9 Å². The van der Waals surface area contributed by atoms with Gasteiger partial charge in [-0.3, -0.25) is 0 Å². The Balaban J connectivity index is 2.56. The van der Waals surface area contributed by atoms with E-state index in [0.717, 1.165) is 11.3 Å². The molecule has 0 aliphatic rings. The zero-order valence-electron chi connectivity index (χ0n) is 9.80. The van der Waals surface area contributed by atoms with Crippen molar-refractivity contribution in [3.05, 3.63) is 54.8 Å². The lowest BCUT2D eigenvalue weighted by atomic mass is 10.2. The Morgan fingerprint density at radius 2 is 2.29 bits per heavy atom. The van der Waals surface area contributed by atoms with Gasteiger partial charge < -0.3 is 11.1 Å². The summed E-state index contributed by atoms with van der Waals surface area (Å²) in [5, 5.41) is 2.97. The first-order valence-electron chi connectivity index (χ1n) is 5.18. The van der Waals surface area contributed by atoms with Crippen LogP contribution in [-0.4, -0.2) is 12.3 Å². The summed E-state index contributed by atoms with van der Waals surface area (Å²) in [6, 6.07) is 7.87. The number of aryl methyl sites for hydroxylation is 1. The standard InChI is InChI=1S/C13H16N4/c1-3-4-8-15-10-16-13(14)17-12-7-5-6-11(2)9-12/h3-10H,1H2,2H3,(H3,14,15,16,17)/b8-4+. The van der Waals surface area contributed by atoms with Crippen molar-refractivity contribution >= 4 is 18.0 Å². The summed E-state index contributed by atoms with van der Waals surface area (Å²) in [4.78, 5) is 7.80. The molecular formula is C13H16N4. The first-order chi connectivity index (χ1) is 8.22. The van der Waals surface area contributed by atoms with Crippen LogP contribution in [0.15, 0.2) is 59.2 Å². The van der Waals surface area contributed by atoms with E-state index in [4.69, 9.17) is 5.73 Å². The molecule has 0 amide bonds. The van der Waals surface area contributed by atoms with E-state index >= 15 is 0 Å². The maximum absolute atomic E-state index is 5.67. The van der Waals surface area contributed by atoms with Gasteiger partial charge in [-0.25, -0.2) is 9.98 Å². The minimum atomic E-state index is 0.298. The lowest BCUT2D eigenvalue weighted by Crippen LogP contribution is -2.22. The molecule has 1 aromatic rings. The SMILES string of the molecule is C=C/C=C/N=CN=C(N)Nc1cccc(C)c1. The van der Waals surface area contributed by atoms with Gasteiger partial charge in [-0.1, -0.05) is 24.8 Å². The Morgan fingerprint density at radius 1 is 1.47 bits per heavy atom. The van der Waals surface area contributed by atoms with Crippen molar-refractivity contribution in [3.8, 4) is 0 Å². The van der Waals surface area contributed by atoms with Gasteiger partial charge in [0.15, 0.2) is 5.96 Å². The average molecular weight is 228 g/mol. The molecule has 0 heterocycles. The zero-order chi connectivity index (χ0) is 12.5. The van der Waals surface area contributed by atoms with Crippen molar-refractivity contribution in [1.82, 2.24) is 0 Å². The number of nitrogens with one attached hydrogen (secondary N) is 1. The van der Waals surface area contributed by atoms with Gasteiger partial charge in [0, 0.05) is 11.9 Å². The highest BCUT2D eigenvalue weighted by Crippen LogP contribution is 2.08. The fourth-order valence-corrected chi connectivity index (χ4v) is 1.15. The van der Waals surface area contributed by atoms with Gasteiger partial charge in [0.2, 0.25) is 0 Å². The van der Waals surface area contributed by atoms with Crippen molar-refractivity contribution in [1.29, 1.82) is 0 Å². The van der Waals surface area contributed by atoms with E-state index in [9.17, 15) is 0 Å². The van der Waals surface area contributed by atoms with Gasteiger partial charge in [0.05, 0.1) is 0 Å². The molecule has 3 N–H and O–H groups in total. The van der Waals surface area contributed by atoms with Crippen LogP contribution in [0.5, 0.6) is 0 Å². The fourth-order valence-electron chi connectivity index (χ4n) is 1.15. The van der Waals surface area contributed by atoms with Crippen molar-refractivity contribution in [3.63, 3.8) is 0 Å². The van der Waals surface area contributed by atoms with Crippen molar-refractivity contribution in [2.45, 2.75) is 6.92 Å². The molecule has 0 bridgehead atoms. The summed E-state index contributed by atoms with van der Waals surface area (Å²) >= 11 is 0. The van der Waals surface area contributed by atoms with Gasteiger partial charge in [0.25, 0.3) is 0 Å². The number of benzene rings is 1. The zero-order valence-corrected chi connectivity index (χ0v) is 9.80. The van der Waals surface area contributed by atoms with Gasteiger partial charge >= 0.3 is 0 Å². The number of allylic oxidation sites excluding steroid dienone is 2. The third-order valence-electron chi connectivity index (χ3n) is 1.86. The molecule has 1 aromatic carbocycles. The lowest BCUT2D eigenvalue weighted by molar-refractivity contribution is 1.44. The number of nitrogens with zero attached hydrogens (tertiary/aromatic N) is 2. The number of aliphatic imine (C=N–C) groups is 2. The maximum Gasteiger partial charge on any atom is 0.199 e. The summed E-state index contributed by atoms with van der Waals surface area (Å²) in [5.74, 6) is 0.298. The van der Waals surface area contributed by atoms with E-state index in [0.29, 0.717) is 5.96 Å². The number of nitrogens with two attached hydrogens (primary N) is 1. The largest absolute Gasteiger partial charge is 0.369 e. The van der Waals surface area contributed by atoms with Crippen molar-refractivity contribution < 1.29 is 0 Å². The number of anilines is 1. The molecule has 1 rings (SSSR count). The highest BCUT2D eigenvalue weighted by molar-refractivity contribution is 5.96. The molecule has 0 radical (unpaired) electrons. The molecule has 0 spiro atoms. The van der Waals surface area contributed by atoms with E-state index in [-0.39, 0.29) is 0 Å². The Morgan fingerprint density at radius 3 is 3.00 bits per heavy atom. The third-order valence-corrected chi connectivity index (χ3v) is 1.86. The molecule has 0 atom stereocenters. The molecular weight excluding hydrogens is 212 g/mol. The second kappa shape index (κ2) is 7.00. The molecule has 0 aliphatic carbocycles. The summed E-state index contributed by atoms with van der Waals surface area (Å²) < 4.78 is 0. The normalized spacial score (nSPS) is 12.2. The number of guanidine groups is 1. The van der Waals surface area contributed by atoms with E-state index in [1.807, 2.05) is 31.2 Å². The van der Waals surface area contributed by atoms with E-state index in [1.54, 1.807) is 18.4 Å². The van der Waals surface area contributed by atoms with Crippen LogP contribution >= 0.6 is 0 Å². The Kier molecular flexibility index (Phi) is 5.24. The lowest BCUT2D eigenvalue weighted by Gasteiger charge is -2.04. The second-order valence-corrected chi connectivity index (χ2v) is 3.35. The summed E-state index contributed by atoms with van der Waals surface area (Å²) in [6.45, 7) is 5.54. The third kappa shape index (κ3) is 5.32. The monoisotopic (exact) mass is 228 g/mol. The maximum atomic E-state index is 5.67. The quantitative estimate of drug-likeness (QED) is 0.472. The smallest absolute Gasteiger partial charge is 0.199 e. The molecule has 17 heavy (non-hydrogen) atoms. The fraction of sp³-hybridized carbons (Fsp3) is 0.0769. The molecule has 0 saturated heterocycles. The number of hydrogen-bond donors (Lipinski definition) is 2. The van der Waals surface area contributed by atoms with Gasteiger partial charge in [-0.2, -0.15) is 0 Å². The highest BCUT2D eigenvalue weighted by Gasteiger charge is 1.93. The Hall–Kier alpha value is -2.36. The topological polar surface area (TPSA) is 62.8 Å². The van der Waals surface area contributed by atoms with Crippen LogP contribution in [0.25, 0.3) is 0 Å². The van der Waals surface area contributed by atoms with E-state index in [1.165, 1.54) is 6.34 Å². The van der Waals surface area contributed by atoms with Crippen LogP contribution in [0.1, 0.15) is 5.56 Å². The predicted molar refractivity (Wildman–Crippen MR) is 74.3 cm³/mol. The van der Waals surface area contributed by atoms with Crippen molar-refractivity contribution in [2.75, 3.05) is 5.32 Å². The average Bonchev–Trinajstić information content (AvgIpc) is 2.29. The highest BCUT2D eigenvalue weighted by atomic mass is 15.1. The molecule has 4 nitrogen and oxygen atoms in total. The molecule has 4 heteroatoms. The van der Waals surface area contributed by atoms with Crippen molar-refractivity contribution in [2.24, 2.45) is 15.7 Å². The minimum Gasteiger partial charge on any atom is -0.369 e. The summed E-state index contributed by atoms with van der Waals surface area (Å²) in [7, 11) is 0. The first-order valence-corrected chi connectivity index (χ1v) is 5.18. The van der Waals surface area contributed by atoms with Gasteiger partial charge in [-0.15, -0.1) is 0 Å². The number of rotatable bonds is 4. The molecule has 0 aromatic heterocycles. The Bertz CT molecular complexity index is 458. The van der Waals surface area contributed by atoms with Gasteiger partial charge in [-0.05, 0) is 30.7 Å². The van der Waals surface area contributed by atoms with Crippen LogP contribution in [0.3, 0.4) is 0 Å². The van der Waals surface area contributed by atoms with Crippen LogP contribution in [-0.2, 0) is 0 Å². The van der Waals surface area contributed by atoms with Gasteiger partial charge in [0.1, 0.15) is 6.34 Å². The molecule has 88 valence electrons. The second-order valence-electron chi connectivity index (χ2n) is 3.35. The molecule has 0 aliphatic heterocycles. The van der Waals surface area contributed by atoms with E-state index < -0.39 is 0 Å².